The number of para-hydroxylation sites is 2. The van der Waals surface area contributed by atoms with Gasteiger partial charge in [-0.3, -0.25) is 0 Å². The fraction of sp³-hybridized carbons (Fsp3) is 0.133. The molecule has 0 saturated carbocycles. The summed E-state index contributed by atoms with van der Waals surface area (Å²) in [5, 5.41) is 11.8. The Balaban J connectivity index is 1.07. The summed E-state index contributed by atoms with van der Waals surface area (Å²) in [5.41, 5.74) is 11.1. The zero-order valence-electron chi connectivity index (χ0n) is 36.8. The van der Waals surface area contributed by atoms with Gasteiger partial charge in [0, 0.05) is 44.3 Å². The van der Waals surface area contributed by atoms with Crippen LogP contribution < -0.4 is 9.80 Å². The van der Waals surface area contributed by atoms with Gasteiger partial charge in [-0.1, -0.05) is 163 Å². The summed E-state index contributed by atoms with van der Waals surface area (Å²) in [5.74, 6) is 0. The summed E-state index contributed by atoms with van der Waals surface area (Å²) in [6, 6.07) is 71.0. The predicted octanol–water partition coefficient (Wildman–Crippen LogP) is 17.7. The summed E-state index contributed by atoms with van der Waals surface area (Å²) < 4.78 is 6.82. The lowest BCUT2D eigenvalue weighted by atomic mass is 9.83. The molecule has 0 aliphatic carbocycles. The van der Waals surface area contributed by atoms with Crippen LogP contribution in [-0.2, 0) is 10.8 Å². The van der Waals surface area contributed by atoms with Gasteiger partial charge in [-0.2, -0.15) is 0 Å². The molecule has 3 nitrogen and oxygen atoms in total. The molecule has 0 radical (unpaired) electrons. The lowest BCUT2D eigenvalue weighted by molar-refractivity contribution is 0.591. The number of anilines is 6. The molecule has 0 atom stereocenters. The third-order valence-electron chi connectivity index (χ3n) is 12.8. The first kappa shape index (κ1) is 38.6. The molecule has 3 heteroatoms. The van der Waals surface area contributed by atoms with Crippen molar-refractivity contribution >= 4 is 99.2 Å². The largest absolute Gasteiger partial charge is 0.456 e. The predicted molar refractivity (Wildman–Crippen MR) is 271 cm³/mol. The molecule has 63 heavy (non-hydrogen) atoms. The molecule has 11 aromatic rings. The standard InChI is InChI=1S/C60H50N2O/c1-59(2,3)53-31-27-39-17-13-15-23-49(39)57(53)61(45-19-9-7-10-20-45)47-29-25-41-35-51-52-36-42-26-30-48(34-44(42)38-56(52)63-55(51)37-43(41)33-47)62(46-21-11-8-12-22-46)58-50-24-16-14-18-40(50)28-32-54(58)60(4,5)6/h7-38H,1-6H3. The maximum atomic E-state index is 6.82. The Hall–Kier alpha value is -7.36. The van der Waals surface area contributed by atoms with Crippen molar-refractivity contribution in [3.8, 4) is 0 Å². The summed E-state index contributed by atoms with van der Waals surface area (Å²) >= 11 is 0. The second kappa shape index (κ2) is 14.6. The number of nitrogens with zero attached hydrogens (tertiary/aromatic N) is 2. The van der Waals surface area contributed by atoms with Crippen molar-refractivity contribution in [2.75, 3.05) is 9.80 Å². The Labute approximate surface area is 369 Å². The van der Waals surface area contributed by atoms with Gasteiger partial charge in [0.2, 0.25) is 0 Å². The van der Waals surface area contributed by atoms with Crippen LogP contribution in [0.5, 0.6) is 0 Å². The van der Waals surface area contributed by atoms with Crippen LogP contribution in [0, 0.1) is 0 Å². The van der Waals surface area contributed by atoms with Crippen LogP contribution in [0.15, 0.2) is 199 Å². The van der Waals surface area contributed by atoms with Gasteiger partial charge in [0.05, 0.1) is 11.4 Å². The molecule has 0 unspecified atom stereocenters. The SMILES string of the molecule is CC(C)(C)c1ccc2ccccc2c1N(c1ccccc1)c1ccc2cc3c(cc2c1)oc1cc2cc(N(c4ccccc4)c4c(C(C)(C)C)ccc5ccccc45)ccc2cc13. The quantitative estimate of drug-likeness (QED) is 0.167. The van der Waals surface area contributed by atoms with Crippen molar-refractivity contribution in [1.82, 2.24) is 0 Å². The zero-order chi connectivity index (χ0) is 43.0. The Morgan fingerprint density at radius 1 is 0.302 bits per heavy atom. The molecule has 11 rings (SSSR count). The molecule has 1 heterocycles. The van der Waals surface area contributed by atoms with E-state index in [1.54, 1.807) is 0 Å². The van der Waals surface area contributed by atoms with Gasteiger partial charge in [-0.15, -0.1) is 0 Å². The smallest absolute Gasteiger partial charge is 0.136 e. The number of hydrogen-bond acceptors (Lipinski definition) is 3. The average Bonchev–Trinajstić information content (AvgIpc) is 3.63. The molecule has 306 valence electrons. The minimum absolute atomic E-state index is 0.0842. The van der Waals surface area contributed by atoms with Gasteiger partial charge in [-0.25, -0.2) is 0 Å². The topological polar surface area (TPSA) is 19.6 Å². The first-order valence-corrected chi connectivity index (χ1v) is 22.1. The number of rotatable bonds is 6. The molecular formula is C60H50N2O. The molecular weight excluding hydrogens is 765 g/mol. The van der Waals surface area contributed by atoms with E-state index in [1.165, 1.54) is 54.8 Å². The molecule has 0 fully saturated rings. The normalized spacial score (nSPS) is 12.3. The highest BCUT2D eigenvalue weighted by Gasteiger charge is 2.28. The fourth-order valence-corrected chi connectivity index (χ4v) is 9.69. The number of fused-ring (bicyclic) bond motifs is 7. The molecule has 0 aliphatic rings. The van der Waals surface area contributed by atoms with E-state index in [4.69, 9.17) is 4.42 Å². The third kappa shape index (κ3) is 6.67. The Morgan fingerprint density at radius 2 is 0.683 bits per heavy atom. The first-order valence-electron chi connectivity index (χ1n) is 22.1. The van der Waals surface area contributed by atoms with Gasteiger partial charge in [0.25, 0.3) is 0 Å². The summed E-state index contributed by atoms with van der Waals surface area (Å²) in [6.45, 7) is 13.8. The maximum absolute atomic E-state index is 6.82. The summed E-state index contributed by atoms with van der Waals surface area (Å²) in [6.07, 6.45) is 0. The Bertz CT molecular complexity index is 3300. The third-order valence-corrected chi connectivity index (χ3v) is 12.8. The molecule has 1 aromatic heterocycles. The van der Waals surface area contributed by atoms with Crippen molar-refractivity contribution in [1.29, 1.82) is 0 Å². The highest BCUT2D eigenvalue weighted by molar-refractivity contribution is 6.14. The van der Waals surface area contributed by atoms with Crippen LogP contribution >= 0.6 is 0 Å². The van der Waals surface area contributed by atoms with Crippen LogP contribution in [0.4, 0.5) is 34.1 Å². The van der Waals surface area contributed by atoms with Gasteiger partial charge >= 0.3 is 0 Å². The lowest BCUT2D eigenvalue weighted by Crippen LogP contribution is -2.19. The van der Waals surface area contributed by atoms with Gasteiger partial charge in [-0.05, 0) is 127 Å². The second-order valence-corrected chi connectivity index (χ2v) is 19.1. The first-order chi connectivity index (χ1) is 30.5. The van der Waals surface area contributed by atoms with E-state index in [1.807, 2.05) is 0 Å². The van der Waals surface area contributed by atoms with Crippen LogP contribution in [0.2, 0.25) is 0 Å². The van der Waals surface area contributed by atoms with Crippen molar-refractivity contribution in [3.05, 3.63) is 205 Å². The van der Waals surface area contributed by atoms with E-state index in [0.717, 1.165) is 55.5 Å². The maximum Gasteiger partial charge on any atom is 0.136 e. The van der Waals surface area contributed by atoms with Crippen LogP contribution in [-0.4, -0.2) is 0 Å². The molecule has 0 N–H and O–H groups in total. The lowest BCUT2D eigenvalue weighted by Gasteiger charge is -2.33. The Morgan fingerprint density at radius 3 is 1.10 bits per heavy atom. The van der Waals surface area contributed by atoms with Gasteiger partial charge in [0.1, 0.15) is 11.2 Å². The molecule has 0 bridgehead atoms. The second-order valence-electron chi connectivity index (χ2n) is 19.1. The average molecular weight is 815 g/mol. The van der Waals surface area contributed by atoms with Crippen LogP contribution in [0.1, 0.15) is 52.7 Å². The molecule has 0 amide bonds. The van der Waals surface area contributed by atoms with E-state index in [2.05, 4.69) is 245 Å². The van der Waals surface area contributed by atoms with E-state index < -0.39 is 0 Å². The highest BCUT2D eigenvalue weighted by atomic mass is 16.3. The van der Waals surface area contributed by atoms with Gasteiger partial charge < -0.3 is 14.2 Å². The number of benzene rings is 10. The van der Waals surface area contributed by atoms with E-state index in [9.17, 15) is 0 Å². The molecule has 0 spiro atoms. The minimum atomic E-state index is -0.0842. The molecule has 10 aromatic carbocycles. The zero-order valence-corrected chi connectivity index (χ0v) is 36.8. The van der Waals surface area contributed by atoms with Gasteiger partial charge in [0.15, 0.2) is 0 Å². The molecule has 0 saturated heterocycles. The minimum Gasteiger partial charge on any atom is -0.456 e. The Kier molecular flexibility index (Phi) is 8.96. The molecule has 0 aliphatic heterocycles. The van der Waals surface area contributed by atoms with Crippen molar-refractivity contribution in [3.63, 3.8) is 0 Å². The number of hydrogen-bond donors (Lipinski definition) is 0. The number of furan rings is 1. The summed E-state index contributed by atoms with van der Waals surface area (Å²) in [4.78, 5) is 4.88. The van der Waals surface area contributed by atoms with E-state index in [0.29, 0.717) is 0 Å². The van der Waals surface area contributed by atoms with Crippen molar-refractivity contribution < 1.29 is 4.42 Å². The van der Waals surface area contributed by atoms with E-state index >= 15 is 0 Å². The van der Waals surface area contributed by atoms with Crippen LogP contribution in [0.25, 0.3) is 65.0 Å². The fourth-order valence-electron chi connectivity index (χ4n) is 9.69. The highest BCUT2D eigenvalue weighted by Crippen LogP contribution is 2.48. The van der Waals surface area contributed by atoms with Crippen molar-refractivity contribution in [2.24, 2.45) is 0 Å². The van der Waals surface area contributed by atoms with E-state index in [-0.39, 0.29) is 10.8 Å². The summed E-state index contributed by atoms with van der Waals surface area (Å²) in [7, 11) is 0. The van der Waals surface area contributed by atoms with Crippen molar-refractivity contribution in [2.45, 2.75) is 52.4 Å². The monoisotopic (exact) mass is 814 g/mol. The van der Waals surface area contributed by atoms with Crippen LogP contribution in [0.3, 0.4) is 0 Å².